The zero-order valence-electron chi connectivity index (χ0n) is 25.3. The van der Waals surface area contributed by atoms with Crippen LogP contribution in [0, 0.1) is 11.2 Å². The van der Waals surface area contributed by atoms with Crippen LogP contribution in [0.25, 0.3) is 21.9 Å². The number of ether oxygens (including phenoxy) is 3. The predicted molar refractivity (Wildman–Crippen MR) is 164 cm³/mol. The van der Waals surface area contributed by atoms with Gasteiger partial charge in [0.05, 0.1) is 54.3 Å². The van der Waals surface area contributed by atoms with Crippen LogP contribution >= 0.6 is 0 Å². The number of methoxy groups -OCH3 is 1. The minimum Gasteiger partial charge on any atom is -0.471 e. The fourth-order valence-electron chi connectivity index (χ4n) is 6.94. The molecule has 1 saturated carbocycles. The Bertz CT molecular complexity index is 1930. The van der Waals surface area contributed by atoms with E-state index >= 15 is 0 Å². The maximum atomic E-state index is 14.7. The quantitative estimate of drug-likeness (QED) is 0.229. The number of carbonyl (C=O) groups excluding carboxylic acids is 1. The summed E-state index contributed by atoms with van der Waals surface area (Å²) in [4.78, 5) is 28.2. The third kappa shape index (κ3) is 4.97. The lowest BCUT2D eigenvalue weighted by Crippen LogP contribution is -2.36. The Morgan fingerprint density at radius 2 is 1.96 bits per heavy atom. The molecule has 2 aromatic carbocycles. The maximum absolute atomic E-state index is 14.7. The summed E-state index contributed by atoms with van der Waals surface area (Å²) >= 11 is 0. The number of piperidine rings is 1. The zero-order valence-corrected chi connectivity index (χ0v) is 25.3. The van der Waals surface area contributed by atoms with Gasteiger partial charge in [-0.15, -0.1) is 0 Å². The molecular weight excluding hydrogens is 577 g/mol. The number of hydrogen-bond donors (Lipinski definition) is 0. The van der Waals surface area contributed by atoms with Crippen LogP contribution in [0.4, 0.5) is 10.3 Å². The van der Waals surface area contributed by atoms with E-state index in [9.17, 15) is 9.18 Å². The van der Waals surface area contributed by atoms with E-state index in [-0.39, 0.29) is 30.0 Å². The highest BCUT2D eigenvalue weighted by atomic mass is 19.1. The van der Waals surface area contributed by atoms with E-state index in [1.807, 2.05) is 42.1 Å². The molecule has 0 radical (unpaired) electrons. The van der Waals surface area contributed by atoms with Crippen LogP contribution < -0.4 is 9.64 Å². The number of aromatic nitrogens is 6. The average Bonchev–Trinajstić information content (AvgIpc) is 3.41. The van der Waals surface area contributed by atoms with Crippen LogP contribution in [-0.4, -0.2) is 68.2 Å². The Morgan fingerprint density at radius 1 is 1.11 bits per heavy atom. The van der Waals surface area contributed by atoms with Gasteiger partial charge in [0.25, 0.3) is 5.88 Å². The Balaban J connectivity index is 0.969. The molecule has 1 spiro atoms. The number of benzene rings is 2. The normalized spacial score (nSPS) is 20.5. The number of halogens is 1. The molecule has 1 aliphatic carbocycles. The van der Waals surface area contributed by atoms with Gasteiger partial charge in [0, 0.05) is 38.0 Å². The van der Waals surface area contributed by atoms with Gasteiger partial charge < -0.3 is 23.7 Å². The Hall–Kier alpha value is -4.58. The number of rotatable bonds is 8. The molecule has 1 unspecified atom stereocenters. The summed E-state index contributed by atoms with van der Waals surface area (Å²) in [5.41, 5.74) is 4.41. The van der Waals surface area contributed by atoms with Crippen molar-refractivity contribution in [3.8, 4) is 5.88 Å². The van der Waals surface area contributed by atoms with E-state index in [2.05, 4.69) is 24.5 Å². The monoisotopic (exact) mass is 611 g/mol. The molecule has 8 rings (SSSR count). The maximum Gasteiger partial charge on any atom is 0.337 e. The number of fused-ring (bicyclic) bond motifs is 2. The van der Waals surface area contributed by atoms with E-state index in [1.54, 1.807) is 12.3 Å². The summed E-state index contributed by atoms with van der Waals surface area (Å²) in [5.74, 6) is 0.874. The molecule has 3 aliphatic rings. The van der Waals surface area contributed by atoms with E-state index in [0.717, 1.165) is 85.2 Å². The summed E-state index contributed by atoms with van der Waals surface area (Å²) in [5, 5.41) is 5.28. The molecule has 12 heteroatoms. The molecule has 2 aliphatic heterocycles. The molecule has 0 amide bonds. The number of carbonyl (C=O) groups is 1. The summed E-state index contributed by atoms with van der Waals surface area (Å²) in [6.45, 7) is 3.21. The SMILES string of the molecule is COC(=O)c1ccc2nc(C3CC34CCN(c3ncc(F)c(OCc5ccc6c(cnn6C)c5)n3)CC4)n(C[C@@H]3CCO3)c2c1. The van der Waals surface area contributed by atoms with Gasteiger partial charge in [-0.1, -0.05) is 6.07 Å². The predicted octanol–water partition coefficient (Wildman–Crippen LogP) is 4.78. The van der Waals surface area contributed by atoms with Gasteiger partial charge in [-0.3, -0.25) is 4.68 Å². The molecule has 45 heavy (non-hydrogen) atoms. The number of nitrogens with zero attached hydrogens (tertiary/aromatic N) is 7. The summed E-state index contributed by atoms with van der Waals surface area (Å²) in [6, 6.07) is 11.5. The van der Waals surface area contributed by atoms with Crippen LogP contribution in [0.1, 0.15) is 53.3 Å². The first-order valence-corrected chi connectivity index (χ1v) is 15.4. The number of aryl methyl sites for hydroxylation is 1. The van der Waals surface area contributed by atoms with E-state index in [4.69, 9.17) is 19.2 Å². The third-order valence-electron chi connectivity index (χ3n) is 9.81. The minimum absolute atomic E-state index is 0.0471. The van der Waals surface area contributed by atoms with Crippen molar-refractivity contribution in [1.82, 2.24) is 29.3 Å². The molecule has 0 N–H and O–H groups in total. The molecule has 3 fully saturated rings. The van der Waals surface area contributed by atoms with Crippen LogP contribution in [0.2, 0.25) is 0 Å². The van der Waals surface area contributed by atoms with Gasteiger partial charge in [0.1, 0.15) is 12.4 Å². The third-order valence-corrected chi connectivity index (χ3v) is 9.81. The molecule has 5 heterocycles. The first-order chi connectivity index (χ1) is 21.9. The van der Waals surface area contributed by atoms with Gasteiger partial charge in [0.2, 0.25) is 11.8 Å². The average molecular weight is 612 g/mol. The van der Waals surface area contributed by atoms with Crippen molar-refractivity contribution in [3.63, 3.8) is 0 Å². The topological polar surface area (TPSA) is 109 Å². The summed E-state index contributed by atoms with van der Waals surface area (Å²) < 4.78 is 35.3. The van der Waals surface area contributed by atoms with Crippen LogP contribution in [0.3, 0.4) is 0 Å². The minimum atomic E-state index is -0.582. The van der Waals surface area contributed by atoms with E-state index in [0.29, 0.717) is 17.4 Å². The standard InChI is InChI=1S/C33H34FN7O4/c1-39-27-6-3-20(13-22(27)16-36-39)19-45-30-25(34)17-35-32(38-30)40-10-8-33(9-11-40)15-24(33)29-37-26-5-4-21(31(42)43-2)14-28(26)41(29)18-23-7-12-44-23/h3-6,13-14,16-17,23-24H,7-12,15,18-19H2,1-2H3/t23-,24?/m0/s1. The lowest BCUT2D eigenvalue weighted by molar-refractivity contribution is -0.0590. The molecule has 2 atom stereocenters. The van der Waals surface area contributed by atoms with E-state index < -0.39 is 5.82 Å². The van der Waals surface area contributed by atoms with Crippen LogP contribution in [0.15, 0.2) is 48.8 Å². The fraction of sp³-hybridized carbons (Fsp3) is 0.424. The molecular formula is C33H34FN7O4. The Labute approximate surface area is 258 Å². The first-order valence-electron chi connectivity index (χ1n) is 15.4. The Kier molecular flexibility index (Phi) is 6.70. The largest absolute Gasteiger partial charge is 0.471 e. The van der Waals surface area contributed by atoms with Crippen molar-refractivity contribution < 1.29 is 23.4 Å². The van der Waals surface area contributed by atoms with Gasteiger partial charge in [-0.05, 0) is 67.0 Å². The zero-order chi connectivity index (χ0) is 30.7. The highest BCUT2D eigenvalue weighted by Crippen LogP contribution is 2.65. The molecule has 5 aromatic rings. The number of anilines is 1. The highest BCUT2D eigenvalue weighted by molar-refractivity contribution is 5.93. The lowest BCUT2D eigenvalue weighted by Gasteiger charge is -2.33. The van der Waals surface area contributed by atoms with Crippen molar-refractivity contribution >= 4 is 33.9 Å². The van der Waals surface area contributed by atoms with Crippen LogP contribution in [0.5, 0.6) is 5.88 Å². The van der Waals surface area contributed by atoms with Gasteiger partial charge in [0.15, 0.2) is 0 Å². The molecule has 2 saturated heterocycles. The van der Waals surface area contributed by atoms with Gasteiger partial charge in [-0.2, -0.15) is 14.5 Å². The number of imidazole rings is 1. The Morgan fingerprint density at radius 3 is 2.73 bits per heavy atom. The number of hydrogen-bond acceptors (Lipinski definition) is 9. The molecule has 3 aromatic heterocycles. The molecule has 232 valence electrons. The van der Waals surface area contributed by atoms with Gasteiger partial charge in [-0.25, -0.2) is 14.8 Å². The fourth-order valence-corrected chi connectivity index (χ4v) is 6.94. The molecule has 11 nitrogen and oxygen atoms in total. The van der Waals surface area contributed by atoms with Gasteiger partial charge >= 0.3 is 5.97 Å². The van der Waals surface area contributed by atoms with Crippen molar-refractivity contribution in [2.75, 3.05) is 31.7 Å². The lowest BCUT2D eigenvalue weighted by atomic mass is 9.90. The number of esters is 1. The molecule has 0 bridgehead atoms. The summed E-state index contributed by atoms with van der Waals surface area (Å²) in [6.07, 6.45) is 7.13. The second-order valence-electron chi connectivity index (χ2n) is 12.4. The smallest absolute Gasteiger partial charge is 0.337 e. The van der Waals surface area contributed by atoms with Crippen LogP contribution in [-0.2, 0) is 29.7 Å². The van der Waals surface area contributed by atoms with Crippen molar-refractivity contribution in [3.05, 3.63) is 71.6 Å². The van der Waals surface area contributed by atoms with E-state index in [1.165, 1.54) is 13.3 Å². The summed E-state index contributed by atoms with van der Waals surface area (Å²) in [7, 11) is 3.29. The second kappa shape index (κ2) is 10.8. The highest BCUT2D eigenvalue weighted by Gasteiger charge is 2.57. The first kappa shape index (κ1) is 27.9. The van der Waals surface area contributed by atoms with Crippen molar-refractivity contribution in [2.24, 2.45) is 12.5 Å². The van der Waals surface area contributed by atoms with Crippen molar-refractivity contribution in [2.45, 2.75) is 50.9 Å². The van der Waals surface area contributed by atoms with Crippen molar-refractivity contribution in [1.29, 1.82) is 0 Å². The second-order valence-corrected chi connectivity index (χ2v) is 12.4.